The molecule has 38 heteroatoms. The Morgan fingerprint density at radius 3 is 1.85 bits per heavy atom. The number of nitrogens with two attached hydrogens (primary N) is 2. The van der Waals surface area contributed by atoms with E-state index in [9.17, 15) is 80.8 Å². The first-order valence-electron chi connectivity index (χ1n) is 33.9. The number of ether oxygens (including phenoxy) is 7. The minimum absolute atomic E-state index is 0.0654. The highest BCUT2D eigenvalue weighted by Crippen LogP contribution is 2.34. The van der Waals surface area contributed by atoms with Gasteiger partial charge in [-0.2, -0.15) is 0 Å². The van der Waals surface area contributed by atoms with E-state index in [4.69, 9.17) is 44.6 Å². The maximum atomic E-state index is 15.3. The smallest absolute Gasteiger partial charge is 0.246 e. The Labute approximate surface area is 599 Å². The number of benzene rings is 4. The molecule has 0 spiro atoms. The van der Waals surface area contributed by atoms with Crippen molar-refractivity contribution in [2.75, 3.05) is 53.2 Å². The summed E-state index contributed by atoms with van der Waals surface area (Å²) in [6, 6.07) is 11.9. The van der Waals surface area contributed by atoms with E-state index in [0.29, 0.717) is 16.9 Å². The maximum absolute atomic E-state index is 15.3. The van der Waals surface area contributed by atoms with Gasteiger partial charge in [0, 0.05) is 12.3 Å². The third-order valence-corrected chi connectivity index (χ3v) is 19.3. The van der Waals surface area contributed by atoms with Crippen LogP contribution < -0.4 is 58.2 Å². The Bertz CT molecular complexity index is 3720. The van der Waals surface area contributed by atoms with Crippen LogP contribution in [0.25, 0.3) is 10.8 Å². The third-order valence-electron chi connectivity index (χ3n) is 19.3. The van der Waals surface area contributed by atoms with Crippen molar-refractivity contribution in [3.05, 3.63) is 108 Å². The lowest BCUT2D eigenvalue weighted by atomic mass is 9.88. The van der Waals surface area contributed by atoms with Crippen LogP contribution in [0, 0.1) is 0 Å². The molecule has 24 N–H and O–H groups in total. The van der Waals surface area contributed by atoms with Crippen LogP contribution in [-0.4, -0.2) is 318 Å². The van der Waals surface area contributed by atoms with E-state index in [1.54, 1.807) is 56.5 Å². The first-order valence-corrected chi connectivity index (χ1v) is 33.9. The predicted octanol–water partition coefficient (Wildman–Crippen LogP) is -9.83. The number of fused-ring (bicyclic) bond motifs is 1. The fourth-order valence-corrected chi connectivity index (χ4v) is 13.4. The Hall–Kier alpha value is -8.62. The van der Waals surface area contributed by atoms with Gasteiger partial charge in [0.1, 0.15) is 127 Å². The third kappa shape index (κ3) is 17.9. The number of carbonyl (C=O) groups is 6. The average molecular weight is 1480 g/mol. The van der Waals surface area contributed by atoms with Crippen molar-refractivity contribution < 1.29 is 128 Å². The summed E-state index contributed by atoms with van der Waals surface area (Å²) in [5, 5.41) is 163. The second kappa shape index (κ2) is 35.2. The number of carbonyl (C=O) groups excluding carboxylic acids is 6. The zero-order valence-electron chi connectivity index (χ0n) is 56.8. The number of methoxy groups -OCH3 is 1. The first-order chi connectivity index (χ1) is 50.3. The number of aliphatic imine (C=N–C) groups is 2. The molecule has 6 heterocycles. The van der Waals surface area contributed by atoms with Crippen molar-refractivity contribution in [3.63, 3.8) is 0 Å². The van der Waals surface area contributed by atoms with Gasteiger partial charge >= 0.3 is 0 Å². The van der Waals surface area contributed by atoms with Gasteiger partial charge in [0.05, 0.1) is 71.9 Å². The quantitative estimate of drug-likeness (QED) is 0.0347. The summed E-state index contributed by atoms with van der Waals surface area (Å²) in [5.74, 6) is -8.25. The summed E-state index contributed by atoms with van der Waals surface area (Å²) >= 11 is 0. The molecule has 4 aromatic carbocycles. The summed E-state index contributed by atoms with van der Waals surface area (Å²) in [5.41, 5.74) is 13.6. The van der Waals surface area contributed by atoms with Crippen LogP contribution >= 0.6 is 0 Å². The molecule has 4 aromatic rings. The second-order valence-electron chi connectivity index (χ2n) is 26.1. The van der Waals surface area contributed by atoms with Crippen molar-refractivity contribution in [1.82, 2.24) is 42.1 Å². The first kappa shape index (κ1) is 79.0. The number of aliphatic hydroxyl groups excluding tert-OH is 13. The number of nitrogens with one attached hydrogen (secondary N) is 7. The van der Waals surface area contributed by atoms with Gasteiger partial charge in [-0.05, 0) is 64.2 Å². The van der Waals surface area contributed by atoms with Crippen molar-refractivity contribution >= 4 is 58.1 Å². The summed E-state index contributed by atoms with van der Waals surface area (Å²) in [7, 11) is 1.55. The molecule has 25 unspecified atom stereocenters. The number of aliphatic hydroxyl groups is 13. The summed E-state index contributed by atoms with van der Waals surface area (Å²) in [4.78, 5) is 97.2. The second-order valence-corrected chi connectivity index (χ2v) is 26.1. The van der Waals surface area contributed by atoms with Gasteiger partial charge in [0.25, 0.3) is 0 Å². The lowest BCUT2D eigenvalue weighted by Crippen LogP contribution is -2.70. The highest BCUT2D eigenvalue weighted by atomic mass is 16.7. The number of nitrogens with zero attached hydrogens (tertiary/aromatic N) is 3. The topological polar surface area (TPSA) is 594 Å². The summed E-state index contributed by atoms with van der Waals surface area (Å²) in [6.07, 6.45) is -30.8. The van der Waals surface area contributed by atoms with E-state index in [1.165, 1.54) is 24.3 Å². The molecule has 0 saturated carbocycles. The summed E-state index contributed by atoms with van der Waals surface area (Å²) < 4.78 is 40.7. The number of rotatable bonds is 22. The molecule has 0 aromatic heterocycles. The Balaban J connectivity index is 0.910. The van der Waals surface area contributed by atoms with Crippen LogP contribution in [0.4, 0.5) is 0 Å². The molecule has 0 radical (unpaired) electrons. The molecule has 574 valence electrons. The van der Waals surface area contributed by atoms with Gasteiger partial charge in [-0.25, -0.2) is 0 Å². The zero-order chi connectivity index (χ0) is 75.7. The molecule has 10 rings (SSSR count). The van der Waals surface area contributed by atoms with E-state index in [2.05, 4.69) is 47.2 Å². The molecular formula is C67H90N12O26. The summed E-state index contributed by atoms with van der Waals surface area (Å²) in [6.45, 7) is -3.92. The van der Waals surface area contributed by atoms with Crippen molar-refractivity contribution in [2.45, 2.75) is 179 Å². The molecule has 6 amide bonds. The van der Waals surface area contributed by atoms with Crippen molar-refractivity contribution in [3.8, 4) is 11.5 Å². The Kier molecular flexibility index (Phi) is 26.5. The van der Waals surface area contributed by atoms with E-state index in [0.717, 1.165) is 15.7 Å². The average Bonchev–Trinajstić information content (AvgIpc) is 1.76. The monoisotopic (exact) mass is 1480 g/mol. The SMILES string of the molecule is CCC(c1ccccc1)C1NC(=O)CNC(=O)C(CO)NC(=O)C(C(O)C2CN=C(N)N2C2OC(CO)C(O)C(O)C2O)NC(=O)C(C(O)C2CN=C(N)N2)NC(=O)C(Cc2ccc(OC3OC(CO)C(OC4OC(CO)C(O)C(OCc5ccc6cc(OC)ccc6c5)C4O)C(O)C3O)cc2)NC1=O. The zero-order valence-corrected chi connectivity index (χ0v) is 56.8. The number of hydrogen-bond donors (Lipinski definition) is 22. The number of guanidine groups is 2. The fourth-order valence-electron chi connectivity index (χ4n) is 13.4. The van der Waals surface area contributed by atoms with Crippen LogP contribution in [0.3, 0.4) is 0 Å². The van der Waals surface area contributed by atoms with Gasteiger partial charge in [-0.15, -0.1) is 0 Å². The minimum atomic E-state index is -2.35. The van der Waals surface area contributed by atoms with Crippen molar-refractivity contribution in [1.29, 1.82) is 0 Å². The molecule has 6 aliphatic heterocycles. The molecule has 6 aliphatic rings. The van der Waals surface area contributed by atoms with Gasteiger partial charge in [0.2, 0.25) is 41.7 Å². The van der Waals surface area contributed by atoms with Gasteiger partial charge < -0.3 is 153 Å². The largest absolute Gasteiger partial charge is 0.497 e. The van der Waals surface area contributed by atoms with Crippen LogP contribution in [0.15, 0.2) is 101 Å². The van der Waals surface area contributed by atoms with Crippen molar-refractivity contribution in [2.24, 2.45) is 21.5 Å². The molecule has 0 aliphatic carbocycles. The minimum Gasteiger partial charge on any atom is -0.497 e. The molecule has 4 fully saturated rings. The van der Waals surface area contributed by atoms with E-state index < -0.39 is 240 Å². The van der Waals surface area contributed by atoms with E-state index >= 15 is 14.4 Å². The fraction of sp³-hybridized carbons (Fsp3) is 0.552. The standard InChI is InChI=1S/C67H90N12O26/c1-3-35(30-7-5-4-6-8-30)44-60(96)73-36(18-28-10-14-33(15-11-28)101-64-54(92)52(90)56(42(26-83)104-64)105-65-55(93)57(50(88)41(25-82)103-65)100-27-29-9-12-32-19-34(99-2)16-13-31(32)17-29)59(95)77-45(47(85)37-20-71-66(68)75-37)62(98)78-46(61(97)74-38(23-80)58(94)70-22-43(84)76-44)48(86)39-21-72-67(69)79(39)63-53(91)51(89)49(87)40(24-81)102-63/h4-17,19,35-42,44-57,63-65,80-83,85-93H,3,18,20-27H2,1-2H3,(H2,69,72)(H,70,94)(H,73,96)(H,74,97)(H,76,84)(H,77,95)(H,78,98)(H3,68,71,75). The molecule has 25 atom stereocenters. The van der Waals surface area contributed by atoms with E-state index in [-0.39, 0.29) is 36.8 Å². The lowest BCUT2D eigenvalue weighted by Gasteiger charge is -2.46. The maximum Gasteiger partial charge on any atom is 0.246 e. The molecule has 38 nitrogen and oxygen atoms in total. The molecule has 105 heavy (non-hydrogen) atoms. The molecule has 0 bridgehead atoms. The normalized spacial score (nSPS) is 34.1. The molecule has 4 saturated heterocycles. The molecular weight excluding hydrogens is 1390 g/mol. The highest BCUT2D eigenvalue weighted by Gasteiger charge is 2.55. The number of amides is 6. The van der Waals surface area contributed by atoms with Gasteiger partial charge in [-0.1, -0.05) is 67.6 Å². The van der Waals surface area contributed by atoms with Gasteiger partial charge in [-0.3, -0.25) is 38.8 Å². The van der Waals surface area contributed by atoms with Crippen LogP contribution in [-0.2, 0) is 65.5 Å². The van der Waals surface area contributed by atoms with Crippen LogP contribution in [0.2, 0.25) is 0 Å². The lowest BCUT2D eigenvalue weighted by molar-refractivity contribution is -0.355. The van der Waals surface area contributed by atoms with Gasteiger partial charge in [0.15, 0.2) is 24.4 Å². The predicted molar refractivity (Wildman–Crippen MR) is 361 cm³/mol. The van der Waals surface area contributed by atoms with E-state index in [1.807, 2.05) is 24.3 Å². The number of hydrogen-bond acceptors (Lipinski definition) is 32. The highest BCUT2D eigenvalue weighted by molar-refractivity contribution is 5.98. The Morgan fingerprint density at radius 2 is 1.18 bits per heavy atom. The van der Waals surface area contributed by atoms with Crippen LogP contribution in [0.5, 0.6) is 11.5 Å². The Morgan fingerprint density at radius 1 is 0.562 bits per heavy atom. The van der Waals surface area contributed by atoms with Crippen LogP contribution in [0.1, 0.15) is 36.0 Å².